The van der Waals surface area contributed by atoms with Gasteiger partial charge in [0, 0.05) is 26.7 Å². The predicted molar refractivity (Wildman–Crippen MR) is 116 cm³/mol. The average molecular weight is 475 g/mol. The molecular weight excluding hydrogens is 453 g/mol. The minimum atomic E-state index is -5.08. The fourth-order valence-electron chi connectivity index (χ4n) is 2.25. The van der Waals surface area contributed by atoms with E-state index < -0.39 is 12.1 Å². The SMILES string of the molecule is Cc1ccc(C(N)CNC(=O)c2cc3sc(N(C)C)nc3s2)cc1.O=C(O)C(F)(F)F. The molecule has 0 aliphatic heterocycles. The van der Waals surface area contributed by atoms with Crippen molar-refractivity contribution in [2.75, 3.05) is 25.5 Å². The number of aryl methyl sites for hydroxylation is 1. The predicted octanol–water partition coefficient (Wildman–Crippen LogP) is 3.80. The van der Waals surface area contributed by atoms with E-state index in [1.165, 1.54) is 16.9 Å². The first-order valence-electron chi connectivity index (χ1n) is 8.86. The highest BCUT2D eigenvalue weighted by Gasteiger charge is 2.38. The number of fused-ring (bicyclic) bond motifs is 1. The van der Waals surface area contributed by atoms with Crippen LogP contribution in [-0.2, 0) is 4.79 Å². The lowest BCUT2D eigenvalue weighted by Gasteiger charge is -2.13. The number of aliphatic carboxylic acids is 1. The van der Waals surface area contributed by atoms with Crippen molar-refractivity contribution in [1.29, 1.82) is 0 Å². The summed E-state index contributed by atoms with van der Waals surface area (Å²) in [7, 11) is 3.92. The Morgan fingerprint density at radius 2 is 1.81 bits per heavy atom. The molecule has 0 bridgehead atoms. The van der Waals surface area contributed by atoms with Crippen LogP contribution in [0, 0.1) is 6.92 Å². The van der Waals surface area contributed by atoms with E-state index in [1.54, 1.807) is 11.3 Å². The quantitative estimate of drug-likeness (QED) is 0.519. The number of carbonyl (C=O) groups is 2. The Bertz CT molecular complexity index is 1010. The Morgan fingerprint density at radius 1 is 1.23 bits per heavy atom. The van der Waals surface area contributed by atoms with Gasteiger partial charge in [-0.25, -0.2) is 9.78 Å². The molecule has 0 saturated carbocycles. The molecule has 3 rings (SSSR count). The number of rotatable bonds is 5. The number of hydrogen-bond donors (Lipinski definition) is 3. The van der Waals surface area contributed by atoms with Crippen LogP contribution in [0.15, 0.2) is 30.3 Å². The molecule has 1 atom stereocenters. The molecule has 12 heteroatoms. The number of alkyl halides is 3. The maximum Gasteiger partial charge on any atom is 0.490 e. The summed E-state index contributed by atoms with van der Waals surface area (Å²) < 4.78 is 32.8. The van der Waals surface area contributed by atoms with E-state index in [1.807, 2.05) is 56.3 Å². The second kappa shape index (κ2) is 10.1. The number of amides is 1. The van der Waals surface area contributed by atoms with Gasteiger partial charge in [-0.1, -0.05) is 41.2 Å². The third-order valence-electron chi connectivity index (χ3n) is 3.91. The average Bonchev–Trinajstić information content (AvgIpc) is 3.25. The molecule has 31 heavy (non-hydrogen) atoms. The number of carbonyl (C=O) groups excluding carboxylic acids is 1. The largest absolute Gasteiger partial charge is 0.490 e. The molecule has 1 aromatic carbocycles. The Morgan fingerprint density at radius 3 is 2.29 bits per heavy atom. The molecule has 0 spiro atoms. The molecule has 0 aliphatic rings. The van der Waals surface area contributed by atoms with Gasteiger partial charge >= 0.3 is 12.1 Å². The monoisotopic (exact) mass is 474 g/mol. The molecule has 0 radical (unpaired) electrons. The van der Waals surface area contributed by atoms with Gasteiger partial charge in [0.2, 0.25) is 0 Å². The summed E-state index contributed by atoms with van der Waals surface area (Å²) in [6.07, 6.45) is -5.08. The van der Waals surface area contributed by atoms with Crippen molar-refractivity contribution >= 4 is 49.2 Å². The van der Waals surface area contributed by atoms with Gasteiger partial charge in [-0.2, -0.15) is 13.2 Å². The summed E-state index contributed by atoms with van der Waals surface area (Å²) in [6, 6.07) is 9.74. The number of aromatic nitrogens is 1. The number of nitrogens with one attached hydrogen (secondary N) is 1. The molecule has 0 fully saturated rings. The van der Waals surface area contributed by atoms with Gasteiger partial charge in [-0.3, -0.25) is 4.79 Å². The molecule has 0 saturated heterocycles. The maximum atomic E-state index is 12.3. The lowest BCUT2D eigenvalue weighted by molar-refractivity contribution is -0.192. The molecule has 3 aromatic rings. The lowest BCUT2D eigenvalue weighted by atomic mass is 10.1. The van der Waals surface area contributed by atoms with Crippen molar-refractivity contribution in [3.8, 4) is 0 Å². The fraction of sp³-hybridized carbons (Fsp3) is 0.316. The molecule has 0 aliphatic carbocycles. The normalized spacial score (nSPS) is 12.1. The summed E-state index contributed by atoms with van der Waals surface area (Å²) in [5, 5.41) is 11.0. The van der Waals surface area contributed by atoms with E-state index in [4.69, 9.17) is 15.6 Å². The van der Waals surface area contributed by atoms with Gasteiger partial charge in [0.25, 0.3) is 5.91 Å². The summed E-state index contributed by atoms with van der Waals surface area (Å²) >= 11 is 3.00. The van der Waals surface area contributed by atoms with Crippen LogP contribution in [0.5, 0.6) is 0 Å². The van der Waals surface area contributed by atoms with Crippen LogP contribution < -0.4 is 16.0 Å². The lowest BCUT2D eigenvalue weighted by Crippen LogP contribution is -2.31. The first-order chi connectivity index (χ1) is 14.4. The van der Waals surface area contributed by atoms with Crippen LogP contribution in [-0.4, -0.2) is 48.8 Å². The standard InChI is InChI=1S/C17H20N4OS2.C2HF3O2/c1-10-4-6-11(7-5-10)12(18)9-19-15(22)13-8-14-16(23-13)20-17(24-14)21(2)3;3-2(4,5)1(6)7/h4-8,12H,9,18H2,1-3H3,(H,19,22);(H,6,7). The zero-order chi connectivity index (χ0) is 23.3. The van der Waals surface area contributed by atoms with E-state index in [-0.39, 0.29) is 11.9 Å². The van der Waals surface area contributed by atoms with Crippen molar-refractivity contribution in [1.82, 2.24) is 10.3 Å². The number of carboxylic acids is 1. The number of anilines is 1. The van der Waals surface area contributed by atoms with Crippen LogP contribution in [0.4, 0.5) is 18.3 Å². The first-order valence-corrected chi connectivity index (χ1v) is 10.5. The minimum Gasteiger partial charge on any atom is -0.475 e. The van der Waals surface area contributed by atoms with Crippen LogP contribution in [0.1, 0.15) is 26.8 Å². The third-order valence-corrected chi connectivity index (χ3v) is 6.24. The van der Waals surface area contributed by atoms with Crippen LogP contribution in [0.25, 0.3) is 9.53 Å². The van der Waals surface area contributed by atoms with E-state index in [0.29, 0.717) is 11.4 Å². The van der Waals surface area contributed by atoms with Crippen molar-refractivity contribution < 1.29 is 27.9 Å². The number of carboxylic acid groups (broad SMARTS) is 1. The van der Waals surface area contributed by atoms with Gasteiger partial charge in [0.1, 0.15) is 4.83 Å². The van der Waals surface area contributed by atoms with Crippen molar-refractivity contribution in [3.63, 3.8) is 0 Å². The number of halogens is 3. The molecule has 2 heterocycles. The second-order valence-electron chi connectivity index (χ2n) is 6.70. The summed E-state index contributed by atoms with van der Waals surface area (Å²) in [5.74, 6) is -2.85. The van der Waals surface area contributed by atoms with Crippen molar-refractivity contribution in [2.24, 2.45) is 5.73 Å². The van der Waals surface area contributed by atoms with E-state index in [0.717, 1.165) is 20.2 Å². The Hall–Kier alpha value is -2.70. The van der Waals surface area contributed by atoms with Crippen molar-refractivity contribution in [2.45, 2.75) is 19.1 Å². The summed E-state index contributed by atoms with van der Waals surface area (Å²) in [6.45, 7) is 2.44. The van der Waals surface area contributed by atoms with Gasteiger partial charge in [0.05, 0.1) is 9.58 Å². The number of nitrogens with zero attached hydrogens (tertiary/aromatic N) is 2. The Kier molecular flexibility index (Phi) is 7.98. The molecule has 1 unspecified atom stereocenters. The maximum absolute atomic E-state index is 12.3. The third kappa shape index (κ3) is 6.91. The van der Waals surface area contributed by atoms with Crippen molar-refractivity contribution in [3.05, 3.63) is 46.3 Å². The highest BCUT2D eigenvalue weighted by atomic mass is 32.1. The molecule has 1 amide bonds. The minimum absolute atomic E-state index is 0.0980. The van der Waals surface area contributed by atoms with E-state index in [9.17, 15) is 18.0 Å². The Labute approximate surface area is 184 Å². The smallest absolute Gasteiger partial charge is 0.475 e. The molecule has 7 nitrogen and oxygen atoms in total. The van der Waals surface area contributed by atoms with Crippen LogP contribution in [0.3, 0.4) is 0 Å². The highest BCUT2D eigenvalue weighted by Crippen LogP contribution is 2.33. The molecular formula is C19H21F3N4O3S2. The number of hydrogen-bond acceptors (Lipinski definition) is 7. The van der Waals surface area contributed by atoms with Gasteiger partial charge in [-0.05, 0) is 18.6 Å². The van der Waals surface area contributed by atoms with Gasteiger partial charge < -0.3 is 21.1 Å². The highest BCUT2D eigenvalue weighted by molar-refractivity contribution is 7.29. The van der Waals surface area contributed by atoms with Crippen LogP contribution in [0.2, 0.25) is 0 Å². The molecule has 2 aromatic heterocycles. The zero-order valence-electron chi connectivity index (χ0n) is 16.9. The summed E-state index contributed by atoms with van der Waals surface area (Å²) in [4.78, 5) is 29.3. The molecule has 168 valence electrons. The second-order valence-corrected chi connectivity index (χ2v) is 8.74. The summed E-state index contributed by atoms with van der Waals surface area (Å²) in [5.41, 5.74) is 8.36. The number of thiazole rings is 1. The number of thiophene rings is 1. The zero-order valence-corrected chi connectivity index (χ0v) is 18.5. The van der Waals surface area contributed by atoms with E-state index >= 15 is 0 Å². The first kappa shape index (κ1) is 24.6. The Balaban J connectivity index is 0.000000423. The number of benzene rings is 1. The number of nitrogens with two attached hydrogens (primary N) is 1. The van der Waals surface area contributed by atoms with E-state index in [2.05, 4.69) is 10.3 Å². The van der Waals surface area contributed by atoms with Gasteiger partial charge in [-0.15, -0.1) is 11.3 Å². The van der Waals surface area contributed by atoms with Gasteiger partial charge in [0.15, 0.2) is 5.13 Å². The fourth-order valence-corrected chi connectivity index (χ4v) is 4.30. The topological polar surface area (TPSA) is 109 Å². The van der Waals surface area contributed by atoms with Crippen LogP contribution >= 0.6 is 22.7 Å². The molecule has 4 N–H and O–H groups in total.